The second kappa shape index (κ2) is 5.80. The summed E-state index contributed by atoms with van der Waals surface area (Å²) in [6.45, 7) is 5.79. The summed E-state index contributed by atoms with van der Waals surface area (Å²) in [5.41, 5.74) is 4.56. The van der Waals surface area contributed by atoms with Crippen LogP contribution in [0.4, 0.5) is 14.5 Å². The van der Waals surface area contributed by atoms with Crippen LogP contribution in [-0.2, 0) is 0 Å². The van der Waals surface area contributed by atoms with Gasteiger partial charge in [0.05, 0.1) is 11.3 Å². The maximum absolute atomic E-state index is 13.6. The Morgan fingerprint density at radius 3 is 2.56 bits per heavy atom. The predicted octanol–water partition coefficient (Wildman–Crippen LogP) is 2.71. The smallest absolute Gasteiger partial charge is 0.254 e. The van der Waals surface area contributed by atoms with Gasteiger partial charge in [0, 0.05) is 6.04 Å². The number of nitrogen functional groups attached to an aromatic ring is 1. The summed E-state index contributed by atoms with van der Waals surface area (Å²) in [5.74, 6) is -2.00. The molecule has 1 rings (SSSR count). The van der Waals surface area contributed by atoms with Crippen molar-refractivity contribution >= 4 is 11.6 Å². The standard InChI is InChI=1S/C13H18F2N2O/c1-4-7(2)8(3)17-13(18)10-5-9(14)6-11(16)12(10)15/h5-8H,4,16H2,1-3H3,(H,17,18). The van der Waals surface area contributed by atoms with E-state index in [0.717, 1.165) is 18.6 Å². The lowest BCUT2D eigenvalue weighted by Crippen LogP contribution is -2.37. The summed E-state index contributed by atoms with van der Waals surface area (Å²) >= 11 is 0. The number of carbonyl (C=O) groups excluding carboxylic acids is 1. The number of nitrogens with two attached hydrogens (primary N) is 1. The summed E-state index contributed by atoms with van der Waals surface area (Å²) < 4.78 is 26.7. The molecule has 0 bridgehead atoms. The van der Waals surface area contributed by atoms with E-state index in [9.17, 15) is 13.6 Å². The van der Waals surface area contributed by atoms with Crippen LogP contribution in [0.2, 0.25) is 0 Å². The number of benzene rings is 1. The quantitative estimate of drug-likeness (QED) is 0.814. The minimum atomic E-state index is -0.884. The molecule has 2 atom stereocenters. The van der Waals surface area contributed by atoms with Crippen LogP contribution in [0.3, 0.4) is 0 Å². The number of carbonyl (C=O) groups is 1. The first-order valence-electron chi connectivity index (χ1n) is 5.92. The SMILES string of the molecule is CCC(C)C(C)NC(=O)c1cc(F)cc(N)c1F. The van der Waals surface area contributed by atoms with Gasteiger partial charge < -0.3 is 11.1 Å². The summed E-state index contributed by atoms with van der Waals surface area (Å²) in [6.07, 6.45) is 0.884. The van der Waals surface area contributed by atoms with E-state index >= 15 is 0 Å². The number of hydrogen-bond acceptors (Lipinski definition) is 2. The molecule has 3 N–H and O–H groups in total. The molecular formula is C13H18F2N2O. The lowest BCUT2D eigenvalue weighted by atomic mass is 10.0. The molecule has 100 valence electrons. The molecule has 3 nitrogen and oxygen atoms in total. The van der Waals surface area contributed by atoms with E-state index in [1.165, 1.54) is 0 Å². The monoisotopic (exact) mass is 256 g/mol. The summed E-state index contributed by atoms with van der Waals surface area (Å²) in [5, 5.41) is 2.64. The van der Waals surface area contributed by atoms with Gasteiger partial charge in [-0.25, -0.2) is 8.78 Å². The maximum Gasteiger partial charge on any atom is 0.254 e. The van der Waals surface area contributed by atoms with Crippen molar-refractivity contribution in [1.82, 2.24) is 5.32 Å². The lowest BCUT2D eigenvalue weighted by Gasteiger charge is -2.20. The molecule has 0 saturated carbocycles. The molecule has 0 fully saturated rings. The molecule has 18 heavy (non-hydrogen) atoms. The Balaban J connectivity index is 2.91. The summed E-state index contributed by atoms with van der Waals surface area (Å²) in [7, 11) is 0. The van der Waals surface area contributed by atoms with Gasteiger partial charge in [0.15, 0.2) is 5.82 Å². The van der Waals surface area contributed by atoms with Crippen LogP contribution in [0, 0.1) is 17.6 Å². The third-order valence-corrected chi connectivity index (χ3v) is 3.17. The Kier molecular flexibility index (Phi) is 4.64. The van der Waals surface area contributed by atoms with Gasteiger partial charge in [-0.2, -0.15) is 0 Å². The van der Waals surface area contributed by atoms with Gasteiger partial charge in [0.25, 0.3) is 5.91 Å². The van der Waals surface area contributed by atoms with E-state index in [0.29, 0.717) is 0 Å². The molecular weight excluding hydrogens is 238 g/mol. The van der Waals surface area contributed by atoms with Crippen LogP contribution in [0.1, 0.15) is 37.6 Å². The molecule has 0 aliphatic carbocycles. The van der Waals surface area contributed by atoms with Crippen LogP contribution in [-0.4, -0.2) is 11.9 Å². The number of rotatable bonds is 4. The van der Waals surface area contributed by atoms with E-state index in [2.05, 4.69) is 5.32 Å². The molecule has 0 heterocycles. The van der Waals surface area contributed by atoms with Crippen LogP contribution in [0.25, 0.3) is 0 Å². The highest BCUT2D eigenvalue weighted by atomic mass is 19.1. The van der Waals surface area contributed by atoms with Crippen molar-refractivity contribution in [3.05, 3.63) is 29.3 Å². The molecule has 5 heteroatoms. The summed E-state index contributed by atoms with van der Waals surface area (Å²) in [4.78, 5) is 11.8. The molecule has 1 aromatic carbocycles. The van der Waals surface area contributed by atoms with Gasteiger partial charge in [0.2, 0.25) is 0 Å². The van der Waals surface area contributed by atoms with E-state index in [1.807, 2.05) is 20.8 Å². The third-order valence-electron chi connectivity index (χ3n) is 3.17. The minimum absolute atomic E-state index is 0.119. The highest BCUT2D eigenvalue weighted by Gasteiger charge is 2.19. The fourth-order valence-electron chi connectivity index (χ4n) is 1.56. The van der Waals surface area contributed by atoms with E-state index < -0.39 is 17.5 Å². The summed E-state index contributed by atoms with van der Waals surface area (Å²) in [6, 6.07) is 1.58. The molecule has 2 unspecified atom stereocenters. The van der Waals surface area contributed by atoms with Crippen LogP contribution in [0.15, 0.2) is 12.1 Å². The molecule has 1 aromatic rings. The molecule has 0 aromatic heterocycles. The predicted molar refractivity (Wildman–Crippen MR) is 67.2 cm³/mol. The second-order valence-electron chi connectivity index (χ2n) is 4.50. The highest BCUT2D eigenvalue weighted by molar-refractivity contribution is 5.95. The van der Waals surface area contributed by atoms with Gasteiger partial charge in [-0.1, -0.05) is 20.3 Å². The van der Waals surface area contributed by atoms with Crippen molar-refractivity contribution in [2.45, 2.75) is 33.2 Å². The first kappa shape index (κ1) is 14.4. The molecule has 0 spiro atoms. The van der Waals surface area contributed by atoms with Crippen molar-refractivity contribution in [3.8, 4) is 0 Å². The third kappa shape index (κ3) is 3.18. The fraction of sp³-hybridized carbons (Fsp3) is 0.462. The molecule has 0 saturated heterocycles. The Morgan fingerprint density at radius 1 is 1.39 bits per heavy atom. The minimum Gasteiger partial charge on any atom is -0.396 e. The normalized spacial score (nSPS) is 14.1. The van der Waals surface area contributed by atoms with Gasteiger partial charge in [-0.05, 0) is 25.0 Å². The number of hydrogen-bond donors (Lipinski definition) is 2. The number of anilines is 1. The van der Waals surface area contributed by atoms with Crippen molar-refractivity contribution in [3.63, 3.8) is 0 Å². The van der Waals surface area contributed by atoms with Crippen molar-refractivity contribution in [2.24, 2.45) is 5.92 Å². The Bertz CT molecular complexity index is 449. The highest BCUT2D eigenvalue weighted by Crippen LogP contribution is 2.18. The molecule has 0 aliphatic heterocycles. The van der Waals surface area contributed by atoms with Gasteiger partial charge in [0.1, 0.15) is 5.82 Å². The molecule has 0 radical (unpaired) electrons. The number of halogens is 2. The van der Waals surface area contributed by atoms with Crippen molar-refractivity contribution in [1.29, 1.82) is 0 Å². The maximum atomic E-state index is 13.6. The van der Waals surface area contributed by atoms with Gasteiger partial charge >= 0.3 is 0 Å². The zero-order chi connectivity index (χ0) is 13.9. The Labute approximate surface area is 105 Å². The Hall–Kier alpha value is -1.65. The number of amides is 1. The van der Waals surface area contributed by atoms with E-state index in [-0.39, 0.29) is 23.2 Å². The largest absolute Gasteiger partial charge is 0.396 e. The zero-order valence-electron chi connectivity index (χ0n) is 10.8. The van der Waals surface area contributed by atoms with E-state index in [1.54, 1.807) is 0 Å². The Morgan fingerprint density at radius 2 is 2.00 bits per heavy atom. The second-order valence-corrected chi connectivity index (χ2v) is 4.50. The van der Waals surface area contributed by atoms with Crippen LogP contribution >= 0.6 is 0 Å². The topological polar surface area (TPSA) is 55.1 Å². The van der Waals surface area contributed by atoms with Crippen LogP contribution < -0.4 is 11.1 Å². The van der Waals surface area contributed by atoms with Crippen molar-refractivity contribution < 1.29 is 13.6 Å². The zero-order valence-corrected chi connectivity index (χ0v) is 10.8. The first-order valence-corrected chi connectivity index (χ1v) is 5.92. The fourth-order valence-corrected chi connectivity index (χ4v) is 1.56. The molecule has 1 amide bonds. The van der Waals surface area contributed by atoms with Gasteiger partial charge in [-0.15, -0.1) is 0 Å². The lowest BCUT2D eigenvalue weighted by molar-refractivity contribution is 0.0923. The van der Waals surface area contributed by atoms with Gasteiger partial charge in [-0.3, -0.25) is 4.79 Å². The van der Waals surface area contributed by atoms with Crippen LogP contribution in [0.5, 0.6) is 0 Å². The van der Waals surface area contributed by atoms with Crippen molar-refractivity contribution in [2.75, 3.05) is 5.73 Å². The average molecular weight is 256 g/mol. The molecule has 0 aliphatic rings. The first-order chi connectivity index (χ1) is 8.36. The average Bonchev–Trinajstić information content (AvgIpc) is 2.32. The number of nitrogens with one attached hydrogen (secondary N) is 1. The van der Waals surface area contributed by atoms with E-state index in [4.69, 9.17) is 5.73 Å².